The van der Waals surface area contributed by atoms with E-state index in [1.54, 1.807) is 19.1 Å². The Morgan fingerprint density at radius 2 is 1.97 bits per heavy atom. The van der Waals surface area contributed by atoms with Crippen LogP contribution in [0.4, 0.5) is 19.0 Å². The third kappa shape index (κ3) is 5.09. The molecule has 7 nitrogen and oxygen atoms in total. The standard InChI is InChI=1S/C19H18F3N5O2/c1-10(12-5-6-23-16(7-12)25-11(2)28)24-18(29)9-17-26-14-4-3-13(19(20,21)22)8-15(14)27-17/h3-8,10H,9H2,1-2H3,(H,24,29)(H,26,27)(H,23,25,28). The lowest BCUT2D eigenvalue weighted by Crippen LogP contribution is -2.28. The summed E-state index contributed by atoms with van der Waals surface area (Å²) < 4.78 is 38.4. The molecule has 0 aliphatic rings. The van der Waals surface area contributed by atoms with E-state index >= 15 is 0 Å². The first-order chi connectivity index (χ1) is 13.6. The number of nitrogens with zero attached hydrogens (tertiary/aromatic N) is 2. The second-order valence-corrected chi connectivity index (χ2v) is 6.53. The number of aromatic amines is 1. The maximum Gasteiger partial charge on any atom is 0.416 e. The van der Waals surface area contributed by atoms with Crippen LogP contribution < -0.4 is 10.6 Å². The van der Waals surface area contributed by atoms with Crippen molar-refractivity contribution < 1.29 is 22.8 Å². The Hall–Kier alpha value is -3.43. The van der Waals surface area contributed by atoms with Gasteiger partial charge in [-0.2, -0.15) is 13.2 Å². The van der Waals surface area contributed by atoms with Crippen molar-refractivity contribution >= 4 is 28.7 Å². The fraction of sp³-hybridized carbons (Fsp3) is 0.263. The Kier molecular flexibility index (Phi) is 5.53. The minimum Gasteiger partial charge on any atom is -0.349 e. The predicted octanol–water partition coefficient (Wildman–Crippen LogP) is 3.36. The van der Waals surface area contributed by atoms with E-state index in [9.17, 15) is 22.8 Å². The van der Waals surface area contributed by atoms with Crippen molar-refractivity contribution in [2.45, 2.75) is 32.5 Å². The quantitative estimate of drug-likeness (QED) is 0.606. The van der Waals surface area contributed by atoms with Gasteiger partial charge in [0.1, 0.15) is 11.6 Å². The van der Waals surface area contributed by atoms with Gasteiger partial charge in [0, 0.05) is 13.1 Å². The Balaban J connectivity index is 1.68. The Labute approximate surface area is 163 Å². The maximum absolute atomic E-state index is 12.8. The van der Waals surface area contributed by atoms with Gasteiger partial charge in [-0.25, -0.2) is 9.97 Å². The van der Waals surface area contributed by atoms with Gasteiger partial charge in [0.25, 0.3) is 0 Å². The van der Waals surface area contributed by atoms with Crippen molar-refractivity contribution in [1.29, 1.82) is 0 Å². The number of fused-ring (bicyclic) bond motifs is 1. The lowest BCUT2D eigenvalue weighted by molar-refractivity contribution is -0.137. The molecule has 2 heterocycles. The van der Waals surface area contributed by atoms with Gasteiger partial charge in [0.05, 0.1) is 29.1 Å². The molecule has 0 radical (unpaired) electrons. The summed E-state index contributed by atoms with van der Waals surface area (Å²) in [6, 6.07) is 6.15. The van der Waals surface area contributed by atoms with Crippen molar-refractivity contribution in [3.63, 3.8) is 0 Å². The molecule has 10 heteroatoms. The van der Waals surface area contributed by atoms with Gasteiger partial charge in [0.15, 0.2) is 0 Å². The minimum atomic E-state index is -4.45. The summed E-state index contributed by atoms with van der Waals surface area (Å²) in [4.78, 5) is 34.4. The van der Waals surface area contributed by atoms with Gasteiger partial charge in [-0.1, -0.05) is 0 Å². The number of carbonyl (C=O) groups is 2. The van der Waals surface area contributed by atoms with Gasteiger partial charge in [-0.3, -0.25) is 9.59 Å². The zero-order valence-electron chi connectivity index (χ0n) is 15.6. The number of halogens is 3. The molecule has 1 aromatic carbocycles. The van der Waals surface area contributed by atoms with Crippen LogP contribution in [0.2, 0.25) is 0 Å². The van der Waals surface area contributed by atoms with E-state index in [2.05, 4.69) is 25.6 Å². The molecule has 29 heavy (non-hydrogen) atoms. The molecule has 0 fully saturated rings. The molecule has 1 unspecified atom stereocenters. The normalized spacial score (nSPS) is 12.6. The number of hydrogen-bond acceptors (Lipinski definition) is 4. The van der Waals surface area contributed by atoms with Crippen LogP contribution >= 0.6 is 0 Å². The molecule has 0 bridgehead atoms. The summed E-state index contributed by atoms with van der Waals surface area (Å²) in [5.74, 6) is 0.0157. The summed E-state index contributed by atoms with van der Waals surface area (Å²) in [5.41, 5.74) is 0.509. The monoisotopic (exact) mass is 405 g/mol. The van der Waals surface area contributed by atoms with Gasteiger partial charge < -0.3 is 15.6 Å². The molecule has 3 aromatic rings. The van der Waals surface area contributed by atoms with Crippen LogP contribution in [0, 0.1) is 0 Å². The SMILES string of the molecule is CC(=O)Nc1cc(C(C)NC(=O)Cc2nc3ccc(C(F)(F)F)cc3[nH]2)ccn1. The van der Waals surface area contributed by atoms with E-state index in [0.717, 1.165) is 17.7 Å². The van der Waals surface area contributed by atoms with E-state index < -0.39 is 11.7 Å². The number of benzene rings is 1. The fourth-order valence-corrected chi connectivity index (χ4v) is 2.82. The van der Waals surface area contributed by atoms with Crippen LogP contribution in [-0.2, 0) is 22.2 Å². The van der Waals surface area contributed by atoms with Gasteiger partial charge in [-0.05, 0) is 42.8 Å². The highest BCUT2D eigenvalue weighted by molar-refractivity contribution is 5.87. The van der Waals surface area contributed by atoms with Crippen LogP contribution in [0.3, 0.4) is 0 Å². The van der Waals surface area contributed by atoms with Crippen LogP contribution in [-0.4, -0.2) is 26.8 Å². The number of rotatable bonds is 5. The van der Waals surface area contributed by atoms with Crippen LogP contribution in [0.25, 0.3) is 11.0 Å². The van der Waals surface area contributed by atoms with Gasteiger partial charge >= 0.3 is 6.18 Å². The number of anilines is 1. The number of hydrogen-bond donors (Lipinski definition) is 3. The van der Waals surface area contributed by atoms with E-state index in [1.165, 1.54) is 19.2 Å². The first-order valence-corrected chi connectivity index (χ1v) is 8.70. The Bertz CT molecular complexity index is 1060. The summed E-state index contributed by atoms with van der Waals surface area (Å²) in [7, 11) is 0. The number of H-pyrrole nitrogens is 1. The average Bonchev–Trinajstić information content (AvgIpc) is 3.01. The molecular formula is C19H18F3N5O2. The topological polar surface area (TPSA) is 99.8 Å². The fourth-order valence-electron chi connectivity index (χ4n) is 2.82. The molecule has 152 valence electrons. The highest BCUT2D eigenvalue weighted by Gasteiger charge is 2.30. The minimum absolute atomic E-state index is 0.121. The largest absolute Gasteiger partial charge is 0.416 e. The predicted molar refractivity (Wildman–Crippen MR) is 99.9 cm³/mol. The lowest BCUT2D eigenvalue weighted by Gasteiger charge is -2.14. The molecule has 3 N–H and O–H groups in total. The average molecular weight is 405 g/mol. The summed E-state index contributed by atoms with van der Waals surface area (Å²) in [5, 5.41) is 5.35. The molecule has 2 amide bonds. The van der Waals surface area contributed by atoms with Crippen molar-refractivity contribution in [1.82, 2.24) is 20.3 Å². The maximum atomic E-state index is 12.8. The molecule has 0 spiro atoms. The molecule has 0 saturated heterocycles. The smallest absolute Gasteiger partial charge is 0.349 e. The Morgan fingerprint density at radius 3 is 2.66 bits per heavy atom. The van der Waals surface area contributed by atoms with Gasteiger partial charge in [0.2, 0.25) is 11.8 Å². The van der Waals surface area contributed by atoms with Crippen LogP contribution in [0.15, 0.2) is 36.5 Å². The summed E-state index contributed by atoms with van der Waals surface area (Å²) in [6.07, 6.45) is -3.06. The van der Waals surface area contributed by atoms with E-state index in [-0.39, 0.29) is 35.6 Å². The number of aromatic nitrogens is 3. The molecule has 0 aliphatic carbocycles. The van der Waals surface area contributed by atoms with Crippen molar-refractivity contribution in [2.24, 2.45) is 0 Å². The van der Waals surface area contributed by atoms with E-state index in [4.69, 9.17) is 0 Å². The number of imidazole rings is 1. The van der Waals surface area contributed by atoms with Gasteiger partial charge in [-0.15, -0.1) is 0 Å². The zero-order valence-corrected chi connectivity index (χ0v) is 15.6. The Morgan fingerprint density at radius 1 is 1.21 bits per heavy atom. The number of nitrogens with one attached hydrogen (secondary N) is 3. The third-order valence-electron chi connectivity index (χ3n) is 4.15. The van der Waals surface area contributed by atoms with Crippen molar-refractivity contribution in [3.05, 3.63) is 53.5 Å². The van der Waals surface area contributed by atoms with Crippen molar-refractivity contribution in [3.8, 4) is 0 Å². The molecule has 2 aromatic heterocycles. The van der Waals surface area contributed by atoms with E-state index in [0.29, 0.717) is 11.3 Å². The third-order valence-corrected chi connectivity index (χ3v) is 4.15. The van der Waals surface area contributed by atoms with Crippen molar-refractivity contribution in [2.75, 3.05) is 5.32 Å². The summed E-state index contributed by atoms with van der Waals surface area (Å²) in [6.45, 7) is 3.13. The summed E-state index contributed by atoms with van der Waals surface area (Å²) >= 11 is 0. The van der Waals surface area contributed by atoms with E-state index in [1.807, 2.05) is 0 Å². The lowest BCUT2D eigenvalue weighted by atomic mass is 10.1. The molecule has 3 rings (SSSR count). The van der Waals surface area contributed by atoms with Crippen LogP contribution in [0.5, 0.6) is 0 Å². The molecule has 1 atom stereocenters. The number of amides is 2. The second-order valence-electron chi connectivity index (χ2n) is 6.53. The first kappa shape index (κ1) is 20.3. The number of carbonyl (C=O) groups excluding carboxylic acids is 2. The molecular weight excluding hydrogens is 387 g/mol. The van der Waals surface area contributed by atoms with Crippen LogP contribution in [0.1, 0.15) is 36.8 Å². The number of alkyl halides is 3. The highest BCUT2D eigenvalue weighted by Crippen LogP contribution is 2.30. The highest BCUT2D eigenvalue weighted by atomic mass is 19.4. The molecule has 0 saturated carbocycles. The first-order valence-electron chi connectivity index (χ1n) is 8.70. The molecule has 0 aliphatic heterocycles. The number of pyridine rings is 1. The zero-order chi connectivity index (χ0) is 21.2. The second kappa shape index (κ2) is 7.90.